The molecule has 0 saturated heterocycles. The number of carbonyl (C=O) groups excluding carboxylic acids is 1. The molecule has 1 N–H and O–H groups in total. The molecule has 98 valence electrons. The first-order chi connectivity index (χ1) is 8.16. The van der Waals surface area contributed by atoms with E-state index in [1.807, 2.05) is 0 Å². The Kier molecular flexibility index (Phi) is 10.2. The van der Waals surface area contributed by atoms with Gasteiger partial charge in [-0.05, 0) is 12.8 Å². The number of rotatable bonds is 10. The van der Waals surface area contributed by atoms with Crippen molar-refractivity contribution in [2.75, 3.05) is 13.3 Å². The van der Waals surface area contributed by atoms with E-state index in [0.29, 0.717) is 13.0 Å². The maximum absolute atomic E-state index is 11.7. The van der Waals surface area contributed by atoms with Crippen LogP contribution in [0, 0.1) is 0 Å². The van der Waals surface area contributed by atoms with Crippen LogP contribution in [0.1, 0.15) is 38.5 Å². The molecule has 17 heavy (non-hydrogen) atoms. The monoisotopic (exact) mass is 246 g/mol. The molecular formula is C12H19FO4. The van der Waals surface area contributed by atoms with E-state index in [4.69, 9.17) is 9.84 Å². The predicted octanol–water partition coefficient (Wildman–Crippen LogP) is 2.48. The van der Waals surface area contributed by atoms with Crippen molar-refractivity contribution in [1.82, 2.24) is 0 Å². The Hall–Kier alpha value is -1.39. The summed E-state index contributed by atoms with van der Waals surface area (Å²) in [5.74, 6) is -1.81. The molecule has 0 unspecified atom stereocenters. The van der Waals surface area contributed by atoms with Gasteiger partial charge in [0.15, 0.2) is 0 Å². The summed E-state index contributed by atoms with van der Waals surface area (Å²) < 4.78 is 16.5. The molecule has 0 aromatic carbocycles. The number of alkyl halides is 1. The van der Waals surface area contributed by atoms with Crippen molar-refractivity contribution in [1.29, 1.82) is 0 Å². The van der Waals surface area contributed by atoms with E-state index in [2.05, 4.69) is 0 Å². The molecule has 0 radical (unpaired) electrons. The van der Waals surface area contributed by atoms with Crippen molar-refractivity contribution in [2.45, 2.75) is 38.5 Å². The van der Waals surface area contributed by atoms with Gasteiger partial charge in [-0.3, -0.25) is 4.39 Å². The number of esters is 1. The minimum atomic E-state index is -1.17. The van der Waals surface area contributed by atoms with Gasteiger partial charge in [-0.2, -0.15) is 0 Å². The summed E-state index contributed by atoms with van der Waals surface area (Å²) in [6, 6.07) is 0. The molecular weight excluding hydrogens is 227 g/mol. The maximum atomic E-state index is 11.7. The fourth-order valence-corrected chi connectivity index (χ4v) is 1.26. The van der Waals surface area contributed by atoms with Crippen molar-refractivity contribution in [2.24, 2.45) is 0 Å². The molecule has 0 aliphatic carbocycles. The standard InChI is InChI=1S/C12H19FO4/c13-9-5-3-1-2-4-6-10-17-12(16)8-7-11(14)15/h7-8H,1-6,9-10H2,(H,14,15)/b8-7-. The van der Waals surface area contributed by atoms with Gasteiger partial charge in [-0.1, -0.05) is 25.7 Å². The number of aliphatic carboxylic acids is 1. The second-order valence-electron chi connectivity index (χ2n) is 3.65. The summed E-state index contributed by atoms with van der Waals surface area (Å²) in [7, 11) is 0. The van der Waals surface area contributed by atoms with E-state index in [1.165, 1.54) is 0 Å². The number of hydrogen-bond donors (Lipinski definition) is 1. The molecule has 0 aliphatic rings. The average molecular weight is 246 g/mol. The van der Waals surface area contributed by atoms with Gasteiger partial charge in [-0.15, -0.1) is 0 Å². The highest BCUT2D eigenvalue weighted by atomic mass is 19.1. The van der Waals surface area contributed by atoms with Gasteiger partial charge in [0.25, 0.3) is 0 Å². The lowest BCUT2D eigenvalue weighted by atomic mass is 10.1. The molecule has 0 aliphatic heterocycles. The van der Waals surface area contributed by atoms with Crippen LogP contribution in [0.25, 0.3) is 0 Å². The van der Waals surface area contributed by atoms with Crippen LogP contribution in [-0.4, -0.2) is 30.3 Å². The van der Waals surface area contributed by atoms with Crippen LogP contribution >= 0.6 is 0 Å². The Bertz CT molecular complexity index is 251. The molecule has 0 fully saturated rings. The van der Waals surface area contributed by atoms with Crippen LogP contribution in [0.5, 0.6) is 0 Å². The molecule has 0 bridgehead atoms. The number of ether oxygens (including phenoxy) is 1. The van der Waals surface area contributed by atoms with Crippen LogP contribution in [0.15, 0.2) is 12.2 Å². The largest absolute Gasteiger partial charge is 0.478 e. The fraction of sp³-hybridized carbons (Fsp3) is 0.667. The van der Waals surface area contributed by atoms with E-state index in [0.717, 1.165) is 44.3 Å². The quantitative estimate of drug-likeness (QED) is 0.365. The van der Waals surface area contributed by atoms with Gasteiger partial charge in [-0.25, -0.2) is 9.59 Å². The van der Waals surface area contributed by atoms with Gasteiger partial charge < -0.3 is 9.84 Å². The number of carboxylic acids is 1. The smallest absolute Gasteiger partial charge is 0.331 e. The first-order valence-corrected chi connectivity index (χ1v) is 5.80. The van der Waals surface area contributed by atoms with Gasteiger partial charge >= 0.3 is 11.9 Å². The highest BCUT2D eigenvalue weighted by molar-refractivity contribution is 5.90. The molecule has 0 atom stereocenters. The molecule has 0 spiro atoms. The Morgan fingerprint density at radius 1 is 1.00 bits per heavy atom. The highest BCUT2D eigenvalue weighted by Gasteiger charge is 1.98. The van der Waals surface area contributed by atoms with Crippen molar-refractivity contribution in [3.63, 3.8) is 0 Å². The zero-order valence-electron chi connectivity index (χ0n) is 9.86. The third-order valence-electron chi connectivity index (χ3n) is 2.13. The summed E-state index contributed by atoms with van der Waals surface area (Å²) >= 11 is 0. The van der Waals surface area contributed by atoms with Crippen LogP contribution in [-0.2, 0) is 14.3 Å². The summed E-state index contributed by atoms with van der Waals surface area (Å²) in [6.45, 7) is 0.0411. The van der Waals surface area contributed by atoms with Crippen molar-refractivity contribution in [3.8, 4) is 0 Å². The third kappa shape index (κ3) is 12.5. The SMILES string of the molecule is O=C(O)/C=C\C(=O)OCCCCCCCCF. The number of unbranched alkanes of at least 4 members (excludes halogenated alkanes) is 5. The van der Waals surface area contributed by atoms with Crippen LogP contribution in [0.4, 0.5) is 4.39 Å². The Morgan fingerprint density at radius 3 is 2.18 bits per heavy atom. The zero-order chi connectivity index (χ0) is 12.9. The van der Waals surface area contributed by atoms with E-state index in [-0.39, 0.29) is 6.67 Å². The molecule has 0 saturated carbocycles. The van der Waals surface area contributed by atoms with E-state index < -0.39 is 11.9 Å². The van der Waals surface area contributed by atoms with Crippen LogP contribution in [0.3, 0.4) is 0 Å². The van der Waals surface area contributed by atoms with Crippen molar-refractivity contribution >= 4 is 11.9 Å². The summed E-state index contributed by atoms with van der Waals surface area (Å²) in [5, 5.41) is 8.25. The van der Waals surface area contributed by atoms with E-state index >= 15 is 0 Å². The van der Waals surface area contributed by atoms with E-state index in [1.54, 1.807) is 0 Å². The maximum Gasteiger partial charge on any atom is 0.331 e. The topological polar surface area (TPSA) is 63.6 Å². The Balaban J connectivity index is 3.28. The molecule has 4 nitrogen and oxygen atoms in total. The minimum absolute atomic E-state index is 0.256. The third-order valence-corrected chi connectivity index (χ3v) is 2.13. The van der Waals surface area contributed by atoms with Crippen LogP contribution < -0.4 is 0 Å². The first kappa shape index (κ1) is 15.6. The normalized spacial score (nSPS) is 10.6. The van der Waals surface area contributed by atoms with Crippen molar-refractivity contribution in [3.05, 3.63) is 12.2 Å². The second-order valence-corrected chi connectivity index (χ2v) is 3.65. The first-order valence-electron chi connectivity index (χ1n) is 5.80. The summed E-state index contributed by atoms with van der Waals surface area (Å²) in [5.41, 5.74) is 0. The lowest BCUT2D eigenvalue weighted by molar-refractivity contribution is -0.138. The lowest BCUT2D eigenvalue weighted by Gasteiger charge is -2.01. The zero-order valence-corrected chi connectivity index (χ0v) is 9.86. The fourth-order valence-electron chi connectivity index (χ4n) is 1.26. The predicted molar refractivity (Wildman–Crippen MR) is 61.4 cm³/mol. The second kappa shape index (κ2) is 11.1. The van der Waals surface area contributed by atoms with Gasteiger partial charge in [0.1, 0.15) is 0 Å². The summed E-state index contributed by atoms with van der Waals surface area (Å²) in [6.07, 6.45) is 6.85. The van der Waals surface area contributed by atoms with Gasteiger partial charge in [0.2, 0.25) is 0 Å². The molecule has 0 amide bonds. The number of carboxylic acid groups (broad SMARTS) is 1. The van der Waals surface area contributed by atoms with Crippen molar-refractivity contribution < 1.29 is 23.8 Å². The molecule has 0 rings (SSSR count). The summed E-state index contributed by atoms with van der Waals surface area (Å²) in [4.78, 5) is 21.0. The average Bonchev–Trinajstić information content (AvgIpc) is 2.30. The Labute approximate surface area is 100 Å². The number of halogens is 1. The molecule has 0 heterocycles. The van der Waals surface area contributed by atoms with Crippen LogP contribution in [0.2, 0.25) is 0 Å². The molecule has 0 aromatic heterocycles. The minimum Gasteiger partial charge on any atom is -0.478 e. The Morgan fingerprint density at radius 2 is 1.59 bits per heavy atom. The lowest BCUT2D eigenvalue weighted by Crippen LogP contribution is -2.03. The van der Waals surface area contributed by atoms with E-state index in [9.17, 15) is 14.0 Å². The van der Waals surface area contributed by atoms with Gasteiger partial charge in [0, 0.05) is 12.2 Å². The number of hydrogen-bond acceptors (Lipinski definition) is 3. The number of carbonyl (C=O) groups is 2. The molecule has 0 aromatic rings. The molecule has 5 heteroatoms. The highest BCUT2D eigenvalue weighted by Crippen LogP contribution is 2.05. The van der Waals surface area contributed by atoms with Gasteiger partial charge in [0.05, 0.1) is 13.3 Å².